The number of ether oxygens (including phenoxy) is 1. The Morgan fingerprint density at radius 2 is 1.95 bits per heavy atom. The van der Waals surface area contributed by atoms with Crippen molar-refractivity contribution in [3.63, 3.8) is 0 Å². The van der Waals surface area contributed by atoms with Crippen LogP contribution in [-0.2, 0) is 24.2 Å². The first-order valence-electron chi connectivity index (χ1n) is 6.64. The van der Waals surface area contributed by atoms with E-state index in [4.69, 9.17) is 4.74 Å². The van der Waals surface area contributed by atoms with Crippen LogP contribution in [0.3, 0.4) is 0 Å². The van der Waals surface area contributed by atoms with E-state index in [2.05, 4.69) is 5.32 Å². The molecule has 0 saturated carbocycles. The van der Waals surface area contributed by atoms with E-state index in [1.54, 1.807) is 0 Å². The Morgan fingerprint density at radius 1 is 1.32 bits per heavy atom. The molecule has 0 spiro atoms. The van der Waals surface area contributed by atoms with Crippen LogP contribution in [0.1, 0.15) is 43.9 Å². The van der Waals surface area contributed by atoms with Gasteiger partial charge < -0.3 is 9.84 Å². The highest BCUT2D eigenvalue weighted by Gasteiger charge is 2.19. The van der Waals surface area contributed by atoms with E-state index in [0.717, 1.165) is 24.8 Å². The third kappa shape index (κ3) is 3.47. The minimum absolute atomic E-state index is 0.0849. The summed E-state index contributed by atoms with van der Waals surface area (Å²) >= 11 is 0. The van der Waals surface area contributed by atoms with Crippen LogP contribution in [0, 0.1) is 0 Å². The molecule has 2 N–H and O–H groups in total. The fraction of sp³-hybridized carbons (Fsp3) is 0.533. The lowest BCUT2D eigenvalue weighted by molar-refractivity contribution is 0.0635. The Balaban J connectivity index is 2.18. The molecule has 104 valence electrons. The van der Waals surface area contributed by atoms with E-state index in [1.165, 1.54) is 11.1 Å². The number of hydrogen-bond acceptors (Lipinski definition) is 3. The second-order valence-electron chi connectivity index (χ2n) is 5.92. The van der Waals surface area contributed by atoms with Gasteiger partial charge in [0, 0.05) is 11.3 Å². The summed E-state index contributed by atoms with van der Waals surface area (Å²) in [4.78, 5) is 11.8. The van der Waals surface area contributed by atoms with Crippen LogP contribution in [0.25, 0.3) is 0 Å². The summed E-state index contributed by atoms with van der Waals surface area (Å²) in [6.07, 6.45) is 2.73. The first-order valence-corrected chi connectivity index (χ1v) is 6.64. The van der Waals surface area contributed by atoms with Crippen LogP contribution in [0.4, 0.5) is 10.5 Å². The van der Waals surface area contributed by atoms with Gasteiger partial charge in [-0.15, -0.1) is 0 Å². The second-order valence-corrected chi connectivity index (χ2v) is 5.92. The van der Waals surface area contributed by atoms with Crippen molar-refractivity contribution in [2.24, 2.45) is 0 Å². The van der Waals surface area contributed by atoms with Crippen molar-refractivity contribution in [1.29, 1.82) is 0 Å². The number of benzene rings is 1. The maximum atomic E-state index is 11.8. The third-order valence-electron chi connectivity index (χ3n) is 3.12. The summed E-state index contributed by atoms with van der Waals surface area (Å²) in [5, 5.41) is 12.1. The van der Waals surface area contributed by atoms with E-state index in [0.29, 0.717) is 5.69 Å². The van der Waals surface area contributed by atoms with E-state index < -0.39 is 11.7 Å². The highest BCUT2D eigenvalue weighted by Crippen LogP contribution is 2.29. The van der Waals surface area contributed by atoms with E-state index >= 15 is 0 Å². The Hall–Kier alpha value is -1.55. The van der Waals surface area contributed by atoms with Crippen LogP contribution in [-0.4, -0.2) is 16.8 Å². The normalized spacial score (nSPS) is 14.1. The summed E-state index contributed by atoms with van der Waals surface area (Å²) in [6, 6.07) is 3.94. The number of aliphatic hydroxyl groups is 1. The van der Waals surface area contributed by atoms with Crippen LogP contribution in [0.2, 0.25) is 0 Å². The van der Waals surface area contributed by atoms with Crippen molar-refractivity contribution in [2.75, 3.05) is 5.32 Å². The number of hydrogen-bond donors (Lipinski definition) is 2. The molecule has 0 fully saturated rings. The lowest BCUT2D eigenvalue weighted by Gasteiger charge is -2.20. The van der Waals surface area contributed by atoms with Gasteiger partial charge in [-0.25, -0.2) is 4.79 Å². The van der Waals surface area contributed by atoms with Gasteiger partial charge >= 0.3 is 6.09 Å². The third-order valence-corrected chi connectivity index (χ3v) is 3.12. The van der Waals surface area contributed by atoms with Gasteiger partial charge in [-0.1, -0.05) is 6.07 Å². The Kier molecular flexibility index (Phi) is 3.80. The molecule has 1 aliphatic rings. The molecule has 19 heavy (non-hydrogen) atoms. The van der Waals surface area contributed by atoms with Gasteiger partial charge in [0.1, 0.15) is 5.60 Å². The summed E-state index contributed by atoms with van der Waals surface area (Å²) in [5.74, 6) is 0. The molecule has 2 rings (SSSR count). The summed E-state index contributed by atoms with van der Waals surface area (Å²) < 4.78 is 5.23. The molecule has 1 amide bonds. The van der Waals surface area contributed by atoms with E-state index in [1.807, 2.05) is 32.9 Å². The Morgan fingerprint density at radius 3 is 2.53 bits per heavy atom. The monoisotopic (exact) mass is 263 g/mol. The zero-order chi connectivity index (χ0) is 14.0. The molecule has 0 atom stereocenters. The summed E-state index contributed by atoms with van der Waals surface area (Å²) in [7, 11) is 0. The fourth-order valence-electron chi connectivity index (χ4n) is 2.34. The number of carbonyl (C=O) groups is 1. The quantitative estimate of drug-likeness (QED) is 0.862. The number of aryl methyl sites for hydroxylation is 2. The van der Waals surface area contributed by atoms with Crippen molar-refractivity contribution >= 4 is 11.8 Å². The molecule has 0 aliphatic heterocycles. The van der Waals surface area contributed by atoms with E-state index in [9.17, 15) is 9.90 Å². The highest BCUT2D eigenvalue weighted by atomic mass is 16.6. The number of carbonyl (C=O) groups excluding carboxylic acids is 1. The molecular weight excluding hydrogens is 242 g/mol. The molecule has 0 unspecified atom stereocenters. The van der Waals surface area contributed by atoms with Crippen LogP contribution < -0.4 is 5.32 Å². The lowest BCUT2D eigenvalue weighted by atomic mass is 10.0. The Bertz CT molecular complexity index is 489. The maximum absolute atomic E-state index is 11.8. The molecule has 0 saturated heterocycles. The van der Waals surface area contributed by atoms with Crippen molar-refractivity contribution < 1.29 is 14.6 Å². The summed E-state index contributed by atoms with van der Waals surface area (Å²) in [6.45, 7) is 5.38. The number of nitrogens with one attached hydrogen (secondary N) is 1. The van der Waals surface area contributed by atoms with Crippen molar-refractivity contribution in [2.45, 2.75) is 52.2 Å². The number of anilines is 1. The van der Waals surface area contributed by atoms with Crippen LogP contribution >= 0.6 is 0 Å². The maximum Gasteiger partial charge on any atom is 0.412 e. The molecule has 0 radical (unpaired) electrons. The number of fused-ring (bicyclic) bond motifs is 1. The van der Waals surface area contributed by atoms with Gasteiger partial charge in [0.05, 0.1) is 6.61 Å². The molecular formula is C15H21NO3. The predicted molar refractivity (Wildman–Crippen MR) is 74.2 cm³/mol. The average Bonchev–Trinajstić information content (AvgIpc) is 2.72. The molecule has 1 aromatic rings. The zero-order valence-corrected chi connectivity index (χ0v) is 11.7. The predicted octanol–water partition coefficient (Wildman–Crippen LogP) is 3.01. The van der Waals surface area contributed by atoms with Crippen LogP contribution in [0.15, 0.2) is 12.1 Å². The highest BCUT2D eigenvalue weighted by molar-refractivity contribution is 5.86. The second kappa shape index (κ2) is 5.21. The molecule has 4 heteroatoms. The van der Waals surface area contributed by atoms with Crippen molar-refractivity contribution in [3.8, 4) is 0 Å². The van der Waals surface area contributed by atoms with E-state index in [-0.39, 0.29) is 6.61 Å². The van der Waals surface area contributed by atoms with Gasteiger partial charge in [-0.3, -0.25) is 5.32 Å². The molecule has 4 nitrogen and oxygen atoms in total. The summed E-state index contributed by atoms with van der Waals surface area (Å²) in [5.41, 5.74) is 3.39. The van der Waals surface area contributed by atoms with Crippen molar-refractivity contribution in [1.82, 2.24) is 0 Å². The molecule has 1 aliphatic carbocycles. The topological polar surface area (TPSA) is 58.6 Å². The van der Waals surface area contributed by atoms with Gasteiger partial charge in [-0.2, -0.15) is 0 Å². The largest absolute Gasteiger partial charge is 0.444 e. The SMILES string of the molecule is CC(C)(C)OC(=O)Nc1cc2c(cc1CO)CCC2. The average molecular weight is 263 g/mol. The van der Waals surface area contributed by atoms with Gasteiger partial charge in [0.15, 0.2) is 0 Å². The zero-order valence-electron chi connectivity index (χ0n) is 11.7. The molecule has 0 bridgehead atoms. The standard InChI is InChI=1S/C15H21NO3/c1-15(2,3)19-14(18)16-13-8-11-6-4-5-10(11)7-12(13)9-17/h7-8,17H,4-6,9H2,1-3H3,(H,16,18). The Labute approximate surface area is 113 Å². The minimum Gasteiger partial charge on any atom is -0.444 e. The first kappa shape index (κ1) is 13.9. The van der Waals surface area contributed by atoms with Gasteiger partial charge in [-0.05, 0) is 57.2 Å². The molecule has 1 aromatic carbocycles. The van der Waals surface area contributed by atoms with Crippen LogP contribution in [0.5, 0.6) is 0 Å². The smallest absolute Gasteiger partial charge is 0.412 e. The number of rotatable bonds is 2. The minimum atomic E-state index is -0.528. The lowest BCUT2D eigenvalue weighted by Crippen LogP contribution is -2.27. The molecule has 0 aromatic heterocycles. The van der Waals surface area contributed by atoms with Crippen molar-refractivity contribution in [3.05, 3.63) is 28.8 Å². The first-order chi connectivity index (χ1) is 8.89. The van der Waals surface area contributed by atoms with Gasteiger partial charge in [0.25, 0.3) is 0 Å². The molecule has 0 heterocycles. The van der Waals surface area contributed by atoms with Gasteiger partial charge in [0.2, 0.25) is 0 Å². The number of amides is 1. The fourth-order valence-corrected chi connectivity index (χ4v) is 2.34. The number of aliphatic hydroxyl groups excluding tert-OH is 1.